The third-order valence-electron chi connectivity index (χ3n) is 7.35. The van der Waals surface area contributed by atoms with Crippen molar-refractivity contribution >= 4 is 22.7 Å². The molecule has 0 amide bonds. The van der Waals surface area contributed by atoms with Gasteiger partial charge in [0.05, 0.1) is 50.2 Å². The van der Waals surface area contributed by atoms with Gasteiger partial charge in [0, 0.05) is 39.9 Å². The van der Waals surface area contributed by atoms with Crippen molar-refractivity contribution < 1.29 is 43.5 Å². The van der Waals surface area contributed by atoms with Gasteiger partial charge < -0.3 is 33.9 Å². The molecule has 2 atom stereocenters. The molecule has 3 heterocycles. The molecule has 0 saturated carbocycles. The fraction of sp³-hybridized carbons (Fsp3) is 0.267. The van der Waals surface area contributed by atoms with E-state index in [-0.39, 0.29) is 45.6 Å². The molecule has 2 aromatic carbocycles. The molecule has 0 unspecified atom stereocenters. The molecule has 11 heteroatoms. The molecule has 1 aliphatic rings. The second kappa shape index (κ2) is 10.6. The van der Waals surface area contributed by atoms with Gasteiger partial charge in [-0.05, 0) is 38.1 Å². The number of ketones is 1. The molecule has 2 aromatic heterocycles. The van der Waals surface area contributed by atoms with E-state index in [2.05, 4.69) is 4.98 Å². The van der Waals surface area contributed by atoms with Crippen LogP contribution in [-0.4, -0.2) is 46.3 Å². The highest BCUT2D eigenvalue weighted by molar-refractivity contribution is 5.98. The van der Waals surface area contributed by atoms with Crippen LogP contribution in [0.5, 0.6) is 23.0 Å². The summed E-state index contributed by atoms with van der Waals surface area (Å²) in [7, 11) is 2.60. The number of phenolic OH excluding ortho intramolecular Hbond substituents is 2. The molecule has 0 fully saturated rings. The molecular formula is C30H27NO10. The minimum Gasteiger partial charge on any atom is -0.507 e. The van der Waals surface area contributed by atoms with Crippen molar-refractivity contribution in [3.63, 3.8) is 0 Å². The Hall–Kier alpha value is -4.90. The van der Waals surface area contributed by atoms with Gasteiger partial charge in [-0.25, -0.2) is 0 Å². The van der Waals surface area contributed by atoms with Crippen LogP contribution >= 0.6 is 0 Å². The average Bonchev–Trinajstić information content (AvgIpc) is 3.39. The van der Waals surface area contributed by atoms with Crippen molar-refractivity contribution in [1.82, 2.24) is 4.98 Å². The first-order chi connectivity index (χ1) is 19.6. The first-order valence-corrected chi connectivity index (χ1v) is 12.6. The summed E-state index contributed by atoms with van der Waals surface area (Å²) >= 11 is 0. The van der Waals surface area contributed by atoms with Crippen LogP contribution in [-0.2, 0) is 20.9 Å². The summed E-state index contributed by atoms with van der Waals surface area (Å²) in [6, 6.07) is 5.91. The van der Waals surface area contributed by atoms with Gasteiger partial charge in [-0.15, -0.1) is 0 Å². The van der Waals surface area contributed by atoms with Crippen molar-refractivity contribution in [3.05, 3.63) is 86.0 Å². The van der Waals surface area contributed by atoms with Crippen molar-refractivity contribution in [2.24, 2.45) is 0 Å². The number of benzene rings is 2. The summed E-state index contributed by atoms with van der Waals surface area (Å²) in [4.78, 5) is 43.2. The van der Waals surface area contributed by atoms with Gasteiger partial charge in [-0.2, -0.15) is 0 Å². The summed E-state index contributed by atoms with van der Waals surface area (Å²) < 4.78 is 21.7. The Kier molecular flexibility index (Phi) is 7.14. The van der Waals surface area contributed by atoms with Gasteiger partial charge in [-0.1, -0.05) is 0 Å². The summed E-state index contributed by atoms with van der Waals surface area (Å²) in [5, 5.41) is 33.9. The maximum Gasteiger partial charge on any atom is 0.306 e. The quantitative estimate of drug-likeness (QED) is 0.219. The number of phenols is 2. The van der Waals surface area contributed by atoms with E-state index >= 15 is 0 Å². The SMILES string of the molecule is COC(=O)C[C@H](c1c(O)c(C(C)=O)cc([C@H]2OCc3cnc(C)c(O)c32)c1O)c1coc2ccc(OC)cc2c1=O. The molecule has 0 radical (unpaired) electrons. The van der Waals surface area contributed by atoms with E-state index < -0.39 is 47.1 Å². The van der Waals surface area contributed by atoms with E-state index in [1.165, 1.54) is 26.2 Å². The van der Waals surface area contributed by atoms with Crippen LogP contribution < -0.4 is 10.2 Å². The predicted octanol–water partition coefficient (Wildman–Crippen LogP) is 4.14. The first kappa shape index (κ1) is 27.7. The van der Waals surface area contributed by atoms with Crippen LogP contribution in [0.4, 0.5) is 0 Å². The van der Waals surface area contributed by atoms with Crippen LogP contribution in [0, 0.1) is 6.92 Å². The number of hydrogen-bond donors (Lipinski definition) is 3. The molecule has 0 spiro atoms. The second-order valence-corrected chi connectivity index (χ2v) is 9.72. The standard InChI is InChI=1S/C30H27NO10/c1-13-26(34)24-15(10-31-13)11-41-30(24)20-8-17(14(2)32)28(36)25(29(20)37)18(9-23(33)39-4)21-12-40-22-6-5-16(38-3)7-19(22)27(21)35/h5-8,10,12,18,30,34,36-37H,9,11H2,1-4H3/t18-,30+/m0/s1. The van der Waals surface area contributed by atoms with Crippen LogP contribution in [0.25, 0.3) is 11.0 Å². The minimum atomic E-state index is -1.30. The molecule has 3 N–H and O–H groups in total. The van der Waals surface area contributed by atoms with Crippen LogP contribution in [0.2, 0.25) is 0 Å². The Bertz CT molecular complexity index is 1770. The average molecular weight is 562 g/mol. The third-order valence-corrected chi connectivity index (χ3v) is 7.35. The lowest BCUT2D eigenvalue weighted by Gasteiger charge is -2.24. The highest BCUT2D eigenvalue weighted by Gasteiger charge is 2.37. The minimum absolute atomic E-state index is 0.0457. The molecule has 0 bridgehead atoms. The molecule has 0 aliphatic carbocycles. The van der Waals surface area contributed by atoms with Crippen molar-refractivity contribution in [2.45, 2.75) is 38.9 Å². The molecule has 212 valence electrons. The number of ether oxygens (including phenoxy) is 3. The second-order valence-electron chi connectivity index (χ2n) is 9.72. The fourth-order valence-electron chi connectivity index (χ4n) is 5.18. The first-order valence-electron chi connectivity index (χ1n) is 12.6. The van der Waals surface area contributed by atoms with E-state index in [0.717, 1.165) is 13.4 Å². The van der Waals surface area contributed by atoms with E-state index in [0.29, 0.717) is 22.6 Å². The van der Waals surface area contributed by atoms with E-state index in [9.17, 15) is 29.7 Å². The number of carbonyl (C=O) groups is 2. The molecule has 1 aliphatic heterocycles. The molecule has 41 heavy (non-hydrogen) atoms. The van der Waals surface area contributed by atoms with Crippen molar-refractivity contribution in [2.75, 3.05) is 14.2 Å². The smallest absolute Gasteiger partial charge is 0.306 e. The zero-order valence-corrected chi connectivity index (χ0v) is 22.7. The predicted molar refractivity (Wildman–Crippen MR) is 145 cm³/mol. The van der Waals surface area contributed by atoms with Crippen molar-refractivity contribution in [3.8, 4) is 23.0 Å². The number of aromatic hydroxyl groups is 3. The highest BCUT2D eigenvalue weighted by atomic mass is 16.5. The number of pyridine rings is 1. The van der Waals surface area contributed by atoms with Crippen LogP contribution in [0.15, 0.2) is 45.9 Å². The zero-order valence-electron chi connectivity index (χ0n) is 22.7. The number of carbonyl (C=O) groups excluding carboxylic acids is 2. The number of aromatic nitrogens is 1. The third kappa shape index (κ3) is 4.63. The summed E-state index contributed by atoms with van der Waals surface area (Å²) in [6.45, 7) is 2.89. The Morgan fingerprint density at radius 1 is 1.12 bits per heavy atom. The lowest BCUT2D eigenvalue weighted by molar-refractivity contribution is -0.140. The largest absolute Gasteiger partial charge is 0.507 e. The number of aryl methyl sites for hydroxylation is 1. The molecule has 5 rings (SSSR count). The van der Waals surface area contributed by atoms with Crippen LogP contribution in [0.1, 0.15) is 69.2 Å². The van der Waals surface area contributed by atoms with E-state index in [1.54, 1.807) is 25.3 Å². The molecule has 4 aromatic rings. The zero-order chi connectivity index (χ0) is 29.6. The van der Waals surface area contributed by atoms with Gasteiger partial charge >= 0.3 is 5.97 Å². The Morgan fingerprint density at radius 2 is 1.88 bits per heavy atom. The van der Waals surface area contributed by atoms with Gasteiger partial charge in [0.25, 0.3) is 0 Å². The molecule has 0 saturated heterocycles. The normalized spacial score (nSPS) is 15.0. The number of fused-ring (bicyclic) bond motifs is 2. The highest BCUT2D eigenvalue weighted by Crippen LogP contribution is 2.50. The number of rotatable bonds is 7. The number of Topliss-reactive ketones (excluding diaryl/α,β-unsaturated/α-hetero) is 1. The maximum absolute atomic E-state index is 13.7. The van der Waals surface area contributed by atoms with Gasteiger partial charge in [0.1, 0.15) is 34.7 Å². The Morgan fingerprint density at radius 3 is 2.56 bits per heavy atom. The van der Waals surface area contributed by atoms with Gasteiger partial charge in [0.2, 0.25) is 0 Å². The Labute approximate surface area is 233 Å². The Balaban J connectivity index is 1.80. The lowest BCUT2D eigenvalue weighted by atomic mass is 9.83. The lowest BCUT2D eigenvalue weighted by Crippen LogP contribution is -2.19. The van der Waals surface area contributed by atoms with Gasteiger partial charge in [0.15, 0.2) is 11.2 Å². The molecule has 11 nitrogen and oxygen atoms in total. The van der Waals surface area contributed by atoms with E-state index in [4.69, 9.17) is 18.6 Å². The monoisotopic (exact) mass is 561 g/mol. The number of hydrogen-bond acceptors (Lipinski definition) is 11. The number of nitrogens with zero attached hydrogens (tertiary/aromatic N) is 1. The summed E-state index contributed by atoms with van der Waals surface area (Å²) in [6.07, 6.45) is 1.16. The molecular weight excluding hydrogens is 534 g/mol. The maximum atomic E-state index is 13.7. The van der Waals surface area contributed by atoms with Crippen LogP contribution in [0.3, 0.4) is 0 Å². The topological polar surface area (TPSA) is 166 Å². The summed E-state index contributed by atoms with van der Waals surface area (Å²) in [5.74, 6) is -3.51. The number of methoxy groups -OCH3 is 2. The van der Waals surface area contributed by atoms with E-state index in [1.807, 2.05) is 0 Å². The fourth-order valence-corrected chi connectivity index (χ4v) is 5.18. The van der Waals surface area contributed by atoms with Gasteiger partial charge in [-0.3, -0.25) is 19.4 Å². The summed E-state index contributed by atoms with van der Waals surface area (Å²) in [5.41, 5.74) is 0.470. The number of esters is 1. The van der Waals surface area contributed by atoms with Crippen molar-refractivity contribution in [1.29, 1.82) is 0 Å².